The zero-order valence-electron chi connectivity index (χ0n) is 36.7. The normalized spacial score (nSPS) is 12.6. The summed E-state index contributed by atoms with van der Waals surface area (Å²) in [7, 11) is 0. The summed E-state index contributed by atoms with van der Waals surface area (Å²) in [4.78, 5) is 2.48. The van der Waals surface area contributed by atoms with Crippen molar-refractivity contribution >= 4 is 49.8 Å². The molecule has 0 radical (unpaired) electrons. The molecular formula is C65H43NO. The SMILES string of the molecule is c1ccc(-c2ccc(-c3cccc4oc5c6ccccc6c(N(c6cccc(-c7ccccc7)c6)c6ccc7c(c6)C(c6ccccc6)(c6ccccc6)c6ccccc6-7)cc5c34)cc2)cc1. The van der Waals surface area contributed by atoms with E-state index >= 15 is 0 Å². The van der Waals surface area contributed by atoms with E-state index in [9.17, 15) is 0 Å². The van der Waals surface area contributed by atoms with Crippen LogP contribution in [0.15, 0.2) is 265 Å². The number of fused-ring (bicyclic) bond motifs is 8. The van der Waals surface area contributed by atoms with Crippen molar-refractivity contribution in [3.05, 3.63) is 283 Å². The topological polar surface area (TPSA) is 16.4 Å². The molecule has 0 spiro atoms. The third-order valence-corrected chi connectivity index (χ3v) is 13.9. The van der Waals surface area contributed by atoms with Crippen LogP contribution >= 0.6 is 0 Å². The van der Waals surface area contributed by atoms with E-state index in [1.165, 1.54) is 50.1 Å². The van der Waals surface area contributed by atoms with E-state index < -0.39 is 5.41 Å². The van der Waals surface area contributed by atoms with Crippen molar-refractivity contribution in [1.29, 1.82) is 0 Å². The van der Waals surface area contributed by atoms with Gasteiger partial charge in [-0.3, -0.25) is 0 Å². The molecule has 0 fully saturated rings. The second-order valence-electron chi connectivity index (χ2n) is 17.6. The molecule has 0 saturated heterocycles. The van der Waals surface area contributed by atoms with E-state index in [0.717, 1.165) is 66.5 Å². The lowest BCUT2D eigenvalue weighted by molar-refractivity contribution is 0.673. The molecule has 0 atom stereocenters. The Labute approximate surface area is 390 Å². The molecule has 0 N–H and O–H groups in total. The van der Waals surface area contributed by atoms with Crippen LogP contribution < -0.4 is 4.90 Å². The Hall–Kier alpha value is -8.72. The van der Waals surface area contributed by atoms with E-state index in [4.69, 9.17) is 4.42 Å². The number of rotatable bonds is 8. The largest absolute Gasteiger partial charge is 0.455 e. The molecule has 0 aliphatic heterocycles. The van der Waals surface area contributed by atoms with E-state index in [0.29, 0.717) is 0 Å². The molecule has 2 heteroatoms. The van der Waals surface area contributed by atoms with Crippen molar-refractivity contribution in [2.24, 2.45) is 0 Å². The molecule has 0 saturated carbocycles. The first-order valence-electron chi connectivity index (χ1n) is 23.1. The van der Waals surface area contributed by atoms with Crippen LogP contribution in [0.4, 0.5) is 17.1 Å². The first kappa shape index (κ1) is 38.7. The van der Waals surface area contributed by atoms with Crippen molar-refractivity contribution in [2.75, 3.05) is 4.90 Å². The number of anilines is 3. The summed E-state index contributed by atoms with van der Waals surface area (Å²) in [5.74, 6) is 0. The maximum atomic E-state index is 6.95. The fourth-order valence-corrected chi connectivity index (χ4v) is 11.0. The Balaban J connectivity index is 1.09. The van der Waals surface area contributed by atoms with Crippen molar-refractivity contribution in [1.82, 2.24) is 0 Å². The Morgan fingerprint density at radius 2 is 0.836 bits per heavy atom. The van der Waals surface area contributed by atoms with Gasteiger partial charge in [0.05, 0.1) is 11.1 Å². The first-order chi connectivity index (χ1) is 33.2. The second kappa shape index (κ2) is 15.8. The van der Waals surface area contributed by atoms with E-state index in [1.54, 1.807) is 0 Å². The molecule has 0 unspecified atom stereocenters. The molecule has 0 amide bonds. The standard InChI is InChI=1S/C65H43NO/c1-5-19-44(20-6-1)46-35-37-47(38-36-46)53-32-18-34-62-63(53)58-43-61(56-30-13-14-31-57(56)64(58)67-62)66(51-28-17-23-48(41-51)45-21-7-2-8-22-45)52-39-40-55-54-29-15-16-33-59(54)65(60(55)42-52,49-24-9-3-10-25-49)50-26-11-4-12-27-50/h1-43H. The quantitative estimate of drug-likeness (QED) is 0.151. The highest BCUT2D eigenvalue weighted by Gasteiger charge is 2.46. The summed E-state index contributed by atoms with van der Waals surface area (Å²) in [6.07, 6.45) is 0. The van der Waals surface area contributed by atoms with Crippen molar-refractivity contribution < 1.29 is 4.42 Å². The average molecular weight is 854 g/mol. The molecule has 1 heterocycles. The van der Waals surface area contributed by atoms with Crippen LogP contribution in [0.25, 0.3) is 77.2 Å². The number of hydrogen-bond acceptors (Lipinski definition) is 2. The van der Waals surface area contributed by atoms with Gasteiger partial charge in [0.2, 0.25) is 0 Å². The third-order valence-electron chi connectivity index (χ3n) is 13.9. The van der Waals surface area contributed by atoms with E-state index in [1.807, 2.05) is 0 Å². The van der Waals surface area contributed by atoms with Crippen LogP contribution in [0.3, 0.4) is 0 Å². The summed E-state index contributed by atoms with van der Waals surface area (Å²) in [5.41, 5.74) is 18.9. The van der Waals surface area contributed by atoms with Gasteiger partial charge in [-0.2, -0.15) is 0 Å². The van der Waals surface area contributed by atoms with Gasteiger partial charge in [0.15, 0.2) is 0 Å². The molecule has 12 aromatic rings. The van der Waals surface area contributed by atoms with Crippen molar-refractivity contribution in [3.63, 3.8) is 0 Å². The molecule has 2 nitrogen and oxygen atoms in total. The van der Waals surface area contributed by atoms with E-state index in [2.05, 4.69) is 266 Å². The van der Waals surface area contributed by atoms with Gasteiger partial charge >= 0.3 is 0 Å². The molecule has 1 aliphatic carbocycles. The van der Waals surface area contributed by atoms with Gasteiger partial charge < -0.3 is 9.32 Å². The van der Waals surface area contributed by atoms with Gasteiger partial charge in [-0.1, -0.05) is 224 Å². The lowest BCUT2D eigenvalue weighted by Gasteiger charge is -2.35. The molecule has 0 bridgehead atoms. The lowest BCUT2D eigenvalue weighted by Crippen LogP contribution is -2.28. The molecule has 13 rings (SSSR count). The van der Waals surface area contributed by atoms with Gasteiger partial charge in [-0.05, 0) is 103 Å². The van der Waals surface area contributed by atoms with Gasteiger partial charge in [0.1, 0.15) is 11.2 Å². The van der Waals surface area contributed by atoms with Crippen LogP contribution in [-0.4, -0.2) is 0 Å². The van der Waals surface area contributed by atoms with Crippen LogP contribution in [-0.2, 0) is 5.41 Å². The van der Waals surface area contributed by atoms with Crippen LogP contribution in [0.2, 0.25) is 0 Å². The molecule has 1 aromatic heterocycles. The Morgan fingerprint density at radius 1 is 0.313 bits per heavy atom. The maximum absolute atomic E-state index is 6.95. The third kappa shape index (κ3) is 6.18. The van der Waals surface area contributed by atoms with Gasteiger partial charge in [-0.15, -0.1) is 0 Å². The minimum atomic E-state index is -0.556. The fraction of sp³-hybridized carbons (Fsp3) is 0.0154. The van der Waals surface area contributed by atoms with Gasteiger partial charge in [-0.25, -0.2) is 0 Å². The number of benzene rings is 11. The minimum Gasteiger partial charge on any atom is -0.455 e. The predicted octanol–water partition coefficient (Wildman–Crippen LogP) is 17.6. The zero-order valence-corrected chi connectivity index (χ0v) is 36.7. The summed E-state index contributed by atoms with van der Waals surface area (Å²) >= 11 is 0. The highest BCUT2D eigenvalue weighted by molar-refractivity contribution is 6.22. The molecule has 314 valence electrons. The van der Waals surface area contributed by atoms with Gasteiger partial charge in [0, 0.05) is 32.9 Å². The highest BCUT2D eigenvalue weighted by atomic mass is 16.3. The Kier molecular flexibility index (Phi) is 9.11. The Bertz CT molecular complexity index is 3740. The van der Waals surface area contributed by atoms with Crippen LogP contribution in [0.5, 0.6) is 0 Å². The zero-order chi connectivity index (χ0) is 44.3. The number of furan rings is 1. The smallest absolute Gasteiger partial charge is 0.143 e. The molecule has 11 aromatic carbocycles. The summed E-state index contributed by atoms with van der Waals surface area (Å²) in [6.45, 7) is 0. The van der Waals surface area contributed by atoms with E-state index in [-0.39, 0.29) is 0 Å². The summed E-state index contributed by atoms with van der Waals surface area (Å²) in [5, 5.41) is 4.35. The molecule has 1 aliphatic rings. The molecular weight excluding hydrogens is 811 g/mol. The Morgan fingerprint density at radius 3 is 1.55 bits per heavy atom. The number of hydrogen-bond donors (Lipinski definition) is 0. The van der Waals surface area contributed by atoms with Crippen molar-refractivity contribution in [2.45, 2.75) is 5.41 Å². The monoisotopic (exact) mass is 853 g/mol. The fourth-order valence-electron chi connectivity index (χ4n) is 11.0. The van der Waals surface area contributed by atoms with Gasteiger partial charge in [0.25, 0.3) is 0 Å². The van der Waals surface area contributed by atoms with Crippen LogP contribution in [0.1, 0.15) is 22.3 Å². The van der Waals surface area contributed by atoms with Crippen molar-refractivity contribution in [3.8, 4) is 44.5 Å². The average Bonchev–Trinajstić information content (AvgIpc) is 3.94. The highest BCUT2D eigenvalue weighted by Crippen LogP contribution is 2.58. The summed E-state index contributed by atoms with van der Waals surface area (Å²) in [6, 6.07) is 95.0. The minimum absolute atomic E-state index is 0.556. The summed E-state index contributed by atoms with van der Waals surface area (Å²) < 4.78 is 6.95. The second-order valence-corrected chi connectivity index (χ2v) is 17.6. The molecule has 67 heavy (non-hydrogen) atoms. The predicted molar refractivity (Wildman–Crippen MR) is 280 cm³/mol. The lowest BCUT2D eigenvalue weighted by atomic mass is 9.67. The first-order valence-corrected chi connectivity index (χ1v) is 23.1. The number of nitrogens with zero attached hydrogens (tertiary/aromatic N) is 1. The maximum Gasteiger partial charge on any atom is 0.143 e. The van der Waals surface area contributed by atoms with Crippen LogP contribution in [0, 0.1) is 0 Å².